The molecule has 1 aromatic carbocycles. The third kappa shape index (κ3) is 1.01. The zero-order valence-corrected chi connectivity index (χ0v) is 6.97. The van der Waals surface area contributed by atoms with E-state index in [1.54, 1.807) is 0 Å². The lowest BCUT2D eigenvalue weighted by atomic mass is 10.2. The summed E-state index contributed by atoms with van der Waals surface area (Å²) in [4.78, 5) is 2.76. The van der Waals surface area contributed by atoms with Gasteiger partial charge in [0.05, 0.1) is 5.39 Å². The van der Waals surface area contributed by atoms with Crippen LogP contribution in [0.4, 0.5) is 0 Å². The third-order valence-electron chi connectivity index (χ3n) is 1.78. The molecule has 0 unspecified atom stereocenters. The number of pyridine rings is 1. The van der Waals surface area contributed by atoms with E-state index in [1.165, 1.54) is 6.20 Å². The summed E-state index contributed by atoms with van der Waals surface area (Å²) >= 11 is 5.86. The molecular formula is C9H7ClNO+. The van der Waals surface area contributed by atoms with Crippen LogP contribution in [0.3, 0.4) is 0 Å². The molecule has 0 saturated carbocycles. The monoisotopic (exact) mass is 180 g/mol. The van der Waals surface area contributed by atoms with E-state index >= 15 is 0 Å². The predicted octanol–water partition coefficient (Wildman–Crippen LogP) is 2.01. The highest BCUT2D eigenvalue weighted by atomic mass is 35.5. The van der Waals surface area contributed by atoms with Crippen molar-refractivity contribution >= 4 is 22.4 Å². The van der Waals surface area contributed by atoms with Crippen molar-refractivity contribution in [3.63, 3.8) is 0 Å². The predicted molar refractivity (Wildman–Crippen MR) is 47.2 cm³/mol. The molecule has 2 N–H and O–H groups in total. The molecule has 12 heavy (non-hydrogen) atoms. The van der Waals surface area contributed by atoms with Crippen molar-refractivity contribution in [3.05, 3.63) is 35.6 Å². The maximum absolute atomic E-state index is 9.41. The Morgan fingerprint density at radius 3 is 2.50 bits per heavy atom. The summed E-state index contributed by atoms with van der Waals surface area (Å²) < 4.78 is 0. The standard InChI is InChI=1S/C9H6ClNO/c10-9-7-4-2-1-3-6(7)8(12)5-11-9/h1-5,12H/p+1. The smallest absolute Gasteiger partial charge is 0.281 e. The Labute approximate surface area is 74.4 Å². The van der Waals surface area contributed by atoms with Crippen molar-refractivity contribution < 1.29 is 10.1 Å². The molecule has 0 aliphatic rings. The quantitative estimate of drug-likeness (QED) is 0.619. The molecule has 0 amide bonds. The second-order valence-electron chi connectivity index (χ2n) is 2.53. The summed E-state index contributed by atoms with van der Waals surface area (Å²) in [5, 5.41) is 11.5. The number of aromatic hydroxyl groups is 1. The number of nitrogens with one attached hydrogen (secondary N) is 1. The first-order valence-electron chi connectivity index (χ1n) is 3.57. The SMILES string of the molecule is Oc1c[nH+]c(Cl)c2ccccc12. The van der Waals surface area contributed by atoms with Gasteiger partial charge in [0.25, 0.3) is 5.15 Å². The first-order valence-corrected chi connectivity index (χ1v) is 3.95. The van der Waals surface area contributed by atoms with E-state index < -0.39 is 0 Å². The van der Waals surface area contributed by atoms with Gasteiger partial charge >= 0.3 is 0 Å². The molecule has 0 spiro atoms. The summed E-state index contributed by atoms with van der Waals surface area (Å²) in [6.45, 7) is 0. The van der Waals surface area contributed by atoms with Crippen LogP contribution in [0.2, 0.25) is 5.15 Å². The molecule has 0 aliphatic heterocycles. The lowest BCUT2D eigenvalue weighted by molar-refractivity contribution is -0.374. The van der Waals surface area contributed by atoms with Crippen molar-refractivity contribution in [3.8, 4) is 5.75 Å². The number of aromatic nitrogens is 1. The average Bonchev–Trinajstić information content (AvgIpc) is 2.12. The van der Waals surface area contributed by atoms with Gasteiger partial charge < -0.3 is 5.11 Å². The summed E-state index contributed by atoms with van der Waals surface area (Å²) in [6, 6.07) is 7.41. The van der Waals surface area contributed by atoms with Gasteiger partial charge in [0, 0.05) is 5.39 Å². The van der Waals surface area contributed by atoms with Crippen LogP contribution in [0.5, 0.6) is 5.75 Å². The molecule has 60 valence electrons. The highest BCUT2D eigenvalue weighted by Gasteiger charge is 2.07. The third-order valence-corrected chi connectivity index (χ3v) is 2.09. The fraction of sp³-hybridized carbons (Fsp3) is 0. The van der Waals surface area contributed by atoms with Crippen molar-refractivity contribution in [2.45, 2.75) is 0 Å². The largest absolute Gasteiger partial charge is 0.502 e. The first-order chi connectivity index (χ1) is 5.79. The Hall–Kier alpha value is -1.28. The Kier molecular flexibility index (Phi) is 1.62. The van der Waals surface area contributed by atoms with Crippen LogP contribution in [-0.2, 0) is 0 Å². The van der Waals surface area contributed by atoms with Crippen molar-refractivity contribution in [2.75, 3.05) is 0 Å². The Balaban J connectivity index is 2.95. The van der Waals surface area contributed by atoms with Gasteiger partial charge in [-0.1, -0.05) is 18.2 Å². The normalized spacial score (nSPS) is 10.4. The Morgan fingerprint density at radius 1 is 1.17 bits per heavy atom. The summed E-state index contributed by atoms with van der Waals surface area (Å²) in [6.07, 6.45) is 1.48. The lowest BCUT2D eigenvalue weighted by Crippen LogP contribution is -2.01. The molecule has 3 heteroatoms. The number of benzene rings is 1. The number of fused-ring (bicyclic) bond motifs is 1. The second-order valence-corrected chi connectivity index (χ2v) is 2.91. The maximum Gasteiger partial charge on any atom is 0.281 e. The average molecular weight is 181 g/mol. The van der Waals surface area contributed by atoms with Crippen molar-refractivity contribution in [2.24, 2.45) is 0 Å². The van der Waals surface area contributed by atoms with Gasteiger partial charge in [0.15, 0.2) is 5.75 Å². The molecule has 0 bridgehead atoms. The number of halogens is 1. The van der Waals surface area contributed by atoms with Crippen LogP contribution in [0.15, 0.2) is 30.5 Å². The fourth-order valence-corrected chi connectivity index (χ4v) is 1.40. The van der Waals surface area contributed by atoms with E-state index in [4.69, 9.17) is 11.6 Å². The van der Waals surface area contributed by atoms with E-state index in [0.29, 0.717) is 5.15 Å². The van der Waals surface area contributed by atoms with Gasteiger partial charge in [-0.3, -0.25) is 0 Å². The minimum Gasteiger partial charge on any atom is -0.502 e. The van der Waals surface area contributed by atoms with Gasteiger partial charge in [0.1, 0.15) is 0 Å². The Bertz CT molecular complexity index is 387. The minimum absolute atomic E-state index is 0.218. The molecule has 0 saturated heterocycles. The summed E-state index contributed by atoms with van der Waals surface area (Å²) in [7, 11) is 0. The molecule has 0 radical (unpaired) electrons. The van der Waals surface area contributed by atoms with Gasteiger partial charge in [0.2, 0.25) is 6.20 Å². The van der Waals surface area contributed by atoms with Crippen LogP contribution in [0.1, 0.15) is 0 Å². The van der Waals surface area contributed by atoms with Gasteiger partial charge in [-0.15, -0.1) is 0 Å². The molecule has 0 aliphatic carbocycles. The molecule has 2 nitrogen and oxygen atoms in total. The molecule has 2 aromatic rings. The number of H-pyrrole nitrogens is 1. The lowest BCUT2D eigenvalue weighted by Gasteiger charge is -1.95. The second kappa shape index (κ2) is 2.64. The van der Waals surface area contributed by atoms with E-state index in [0.717, 1.165) is 10.8 Å². The first kappa shape index (κ1) is 7.37. The molecular weight excluding hydrogens is 174 g/mol. The number of hydrogen-bond acceptors (Lipinski definition) is 1. The highest BCUT2D eigenvalue weighted by Crippen LogP contribution is 2.25. The Morgan fingerprint density at radius 2 is 1.83 bits per heavy atom. The number of hydrogen-bond donors (Lipinski definition) is 1. The van der Waals surface area contributed by atoms with Gasteiger partial charge in [-0.05, 0) is 17.7 Å². The summed E-state index contributed by atoms with van der Waals surface area (Å²) in [5.74, 6) is 0.218. The highest BCUT2D eigenvalue weighted by molar-refractivity contribution is 6.33. The fourth-order valence-electron chi connectivity index (χ4n) is 1.19. The molecule has 2 rings (SSSR count). The zero-order chi connectivity index (χ0) is 8.55. The van der Waals surface area contributed by atoms with Crippen molar-refractivity contribution in [1.82, 2.24) is 0 Å². The molecule has 0 atom stereocenters. The van der Waals surface area contributed by atoms with E-state index in [1.807, 2.05) is 24.3 Å². The zero-order valence-electron chi connectivity index (χ0n) is 6.21. The van der Waals surface area contributed by atoms with E-state index in [-0.39, 0.29) is 5.75 Å². The van der Waals surface area contributed by atoms with Crippen LogP contribution >= 0.6 is 11.6 Å². The molecule has 1 heterocycles. The van der Waals surface area contributed by atoms with Crippen LogP contribution in [-0.4, -0.2) is 5.11 Å². The molecule has 0 fully saturated rings. The number of aromatic amines is 1. The van der Waals surface area contributed by atoms with E-state index in [2.05, 4.69) is 4.98 Å². The van der Waals surface area contributed by atoms with Crippen molar-refractivity contribution in [1.29, 1.82) is 0 Å². The van der Waals surface area contributed by atoms with Crippen LogP contribution in [0.25, 0.3) is 10.8 Å². The minimum atomic E-state index is 0.218. The topological polar surface area (TPSA) is 34.4 Å². The van der Waals surface area contributed by atoms with Gasteiger partial charge in [-0.25, -0.2) is 0 Å². The molecule has 1 aromatic heterocycles. The van der Waals surface area contributed by atoms with Gasteiger partial charge in [-0.2, -0.15) is 4.98 Å². The number of rotatable bonds is 0. The van der Waals surface area contributed by atoms with Crippen LogP contribution in [0, 0.1) is 0 Å². The van der Waals surface area contributed by atoms with Crippen LogP contribution < -0.4 is 4.98 Å². The van der Waals surface area contributed by atoms with E-state index in [9.17, 15) is 5.11 Å². The summed E-state index contributed by atoms with van der Waals surface area (Å²) in [5.41, 5.74) is 0. The maximum atomic E-state index is 9.41.